The Hall–Kier alpha value is -0.0800. The van der Waals surface area contributed by atoms with Crippen LogP contribution < -0.4 is 5.73 Å². The molecule has 0 aliphatic rings. The zero-order chi connectivity index (χ0) is 9.28. The molecule has 3 N–H and O–H groups in total. The number of hydrogen-bond acceptors (Lipinski definition) is 2. The molecule has 0 rings (SSSR count). The molecule has 68 valence electrons. The van der Waals surface area contributed by atoms with E-state index in [4.69, 9.17) is 5.73 Å². The van der Waals surface area contributed by atoms with Crippen LogP contribution in [0.25, 0.3) is 0 Å². The van der Waals surface area contributed by atoms with Crippen molar-refractivity contribution in [3.63, 3.8) is 0 Å². The molecule has 0 aliphatic carbocycles. The SMILES string of the molecule is CCC(C)(N)C(O)C(C)(C)C. The lowest BCUT2D eigenvalue weighted by molar-refractivity contribution is 0.000940. The molecular weight excluding hydrogens is 138 g/mol. The number of aliphatic hydroxyl groups is 1. The fourth-order valence-corrected chi connectivity index (χ4v) is 1.18. The number of hydrogen-bond donors (Lipinski definition) is 2. The van der Waals surface area contributed by atoms with E-state index < -0.39 is 11.6 Å². The molecule has 0 spiro atoms. The predicted molar refractivity (Wildman–Crippen MR) is 48.3 cm³/mol. The second kappa shape index (κ2) is 3.11. The van der Waals surface area contributed by atoms with E-state index in [0.29, 0.717) is 0 Å². The van der Waals surface area contributed by atoms with Gasteiger partial charge >= 0.3 is 0 Å². The van der Waals surface area contributed by atoms with Gasteiger partial charge in [0.1, 0.15) is 0 Å². The van der Waals surface area contributed by atoms with Crippen LogP contribution in [0, 0.1) is 5.41 Å². The average molecular weight is 159 g/mol. The molecule has 0 saturated carbocycles. The van der Waals surface area contributed by atoms with Gasteiger partial charge in [-0.1, -0.05) is 27.7 Å². The summed E-state index contributed by atoms with van der Waals surface area (Å²) in [6, 6.07) is 0. The Bertz CT molecular complexity index is 124. The van der Waals surface area contributed by atoms with E-state index in [1.807, 2.05) is 34.6 Å². The van der Waals surface area contributed by atoms with E-state index in [1.165, 1.54) is 0 Å². The van der Waals surface area contributed by atoms with Crippen molar-refractivity contribution in [2.45, 2.75) is 52.7 Å². The van der Waals surface area contributed by atoms with E-state index in [1.54, 1.807) is 0 Å². The summed E-state index contributed by atoms with van der Waals surface area (Å²) in [5, 5.41) is 9.79. The first-order chi connectivity index (χ1) is 4.72. The molecular formula is C9H21NO. The Labute approximate surface area is 69.8 Å². The fourth-order valence-electron chi connectivity index (χ4n) is 1.18. The lowest BCUT2D eigenvalue weighted by Gasteiger charge is -2.38. The molecule has 0 heterocycles. The molecule has 2 unspecified atom stereocenters. The van der Waals surface area contributed by atoms with Crippen molar-refractivity contribution in [2.24, 2.45) is 11.1 Å². The van der Waals surface area contributed by atoms with Crippen LogP contribution in [0.2, 0.25) is 0 Å². The van der Waals surface area contributed by atoms with E-state index in [2.05, 4.69) is 0 Å². The molecule has 0 bridgehead atoms. The zero-order valence-corrected chi connectivity index (χ0v) is 8.31. The second-order valence-corrected chi connectivity index (χ2v) is 4.63. The van der Waals surface area contributed by atoms with Gasteiger partial charge in [0.15, 0.2) is 0 Å². The summed E-state index contributed by atoms with van der Waals surface area (Å²) in [5.41, 5.74) is 5.31. The summed E-state index contributed by atoms with van der Waals surface area (Å²) in [6.45, 7) is 9.88. The molecule has 2 atom stereocenters. The highest BCUT2D eigenvalue weighted by atomic mass is 16.3. The summed E-state index contributed by atoms with van der Waals surface area (Å²) in [4.78, 5) is 0. The molecule has 0 aromatic rings. The summed E-state index contributed by atoms with van der Waals surface area (Å²) >= 11 is 0. The van der Waals surface area contributed by atoms with E-state index in [9.17, 15) is 5.11 Å². The third-order valence-corrected chi connectivity index (χ3v) is 2.21. The zero-order valence-electron chi connectivity index (χ0n) is 8.31. The van der Waals surface area contributed by atoms with Crippen LogP contribution in [-0.2, 0) is 0 Å². The van der Waals surface area contributed by atoms with Crippen molar-refractivity contribution >= 4 is 0 Å². The Kier molecular flexibility index (Phi) is 3.09. The number of nitrogens with two attached hydrogens (primary N) is 1. The minimum absolute atomic E-state index is 0.125. The van der Waals surface area contributed by atoms with Crippen LogP contribution in [0.1, 0.15) is 41.0 Å². The Morgan fingerprint density at radius 3 is 1.73 bits per heavy atom. The van der Waals surface area contributed by atoms with Crippen molar-refractivity contribution in [3.8, 4) is 0 Å². The molecule has 11 heavy (non-hydrogen) atoms. The molecule has 0 aromatic heterocycles. The lowest BCUT2D eigenvalue weighted by Crippen LogP contribution is -2.53. The van der Waals surface area contributed by atoms with Gasteiger partial charge in [0.2, 0.25) is 0 Å². The molecule has 0 fully saturated rings. The molecule has 0 aromatic carbocycles. The minimum Gasteiger partial charge on any atom is -0.391 e. The van der Waals surface area contributed by atoms with Gasteiger partial charge in [0.05, 0.1) is 6.10 Å². The number of rotatable bonds is 2. The highest BCUT2D eigenvalue weighted by Crippen LogP contribution is 2.27. The van der Waals surface area contributed by atoms with Gasteiger partial charge in [-0.2, -0.15) is 0 Å². The summed E-state index contributed by atoms with van der Waals surface area (Å²) in [5.74, 6) is 0. The largest absolute Gasteiger partial charge is 0.391 e. The Morgan fingerprint density at radius 1 is 1.27 bits per heavy atom. The third kappa shape index (κ3) is 2.80. The molecule has 0 aliphatic heterocycles. The third-order valence-electron chi connectivity index (χ3n) is 2.21. The normalized spacial score (nSPS) is 21.0. The van der Waals surface area contributed by atoms with E-state index in [0.717, 1.165) is 6.42 Å². The molecule has 0 radical (unpaired) electrons. The van der Waals surface area contributed by atoms with Crippen molar-refractivity contribution in [3.05, 3.63) is 0 Å². The Morgan fingerprint density at radius 2 is 1.64 bits per heavy atom. The maximum absolute atomic E-state index is 9.79. The van der Waals surface area contributed by atoms with Crippen LogP contribution in [-0.4, -0.2) is 16.7 Å². The summed E-state index contributed by atoms with van der Waals surface area (Å²) in [6.07, 6.45) is 0.353. The topological polar surface area (TPSA) is 46.2 Å². The first-order valence-corrected chi connectivity index (χ1v) is 4.18. The van der Waals surface area contributed by atoms with Crippen molar-refractivity contribution in [2.75, 3.05) is 0 Å². The van der Waals surface area contributed by atoms with Crippen LogP contribution in [0.15, 0.2) is 0 Å². The van der Waals surface area contributed by atoms with E-state index in [-0.39, 0.29) is 5.41 Å². The van der Waals surface area contributed by atoms with Crippen molar-refractivity contribution in [1.82, 2.24) is 0 Å². The molecule has 2 heteroatoms. The van der Waals surface area contributed by atoms with Crippen LogP contribution in [0.4, 0.5) is 0 Å². The highest BCUT2D eigenvalue weighted by Gasteiger charge is 2.35. The molecule has 2 nitrogen and oxygen atoms in total. The smallest absolute Gasteiger partial charge is 0.0764 e. The lowest BCUT2D eigenvalue weighted by atomic mass is 9.77. The predicted octanol–water partition coefficient (Wildman–Crippen LogP) is 1.52. The van der Waals surface area contributed by atoms with Gasteiger partial charge in [0, 0.05) is 5.54 Å². The average Bonchev–Trinajstić information content (AvgIpc) is 1.84. The van der Waals surface area contributed by atoms with Crippen molar-refractivity contribution < 1.29 is 5.11 Å². The maximum atomic E-state index is 9.79. The van der Waals surface area contributed by atoms with Gasteiger partial charge in [0.25, 0.3) is 0 Å². The standard InChI is InChI=1S/C9H21NO/c1-6-9(5,10)7(11)8(2,3)4/h7,11H,6,10H2,1-5H3. The van der Waals surface area contributed by atoms with Gasteiger partial charge in [-0.05, 0) is 18.8 Å². The quantitative estimate of drug-likeness (QED) is 0.641. The number of aliphatic hydroxyl groups excluding tert-OH is 1. The minimum atomic E-state index is -0.460. The van der Waals surface area contributed by atoms with Gasteiger partial charge < -0.3 is 10.8 Å². The first-order valence-electron chi connectivity index (χ1n) is 4.18. The van der Waals surface area contributed by atoms with Crippen molar-refractivity contribution in [1.29, 1.82) is 0 Å². The highest BCUT2D eigenvalue weighted by molar-refractivity contribution is 4.92. The second-order valence-electron chi connectivity index (χ2n) is 4.63. The van der Waals surface area contributed by atoms with Gasteiger partial charge in [-0.25, -0.2) is 0 Å². The van der Waals surface area contributed by atoms with Gasteiger partial charge in [-0.3, -0.25) is 0 Å². The molecule has 0 amide bonds. The van der Waals surface area contributed by atoms with Crippen LogP contribution in [0.3, 0.4) is 0 Å². The first kappa shape index (κ1) is 10.9. The fraction of sp³-hybridized carbons (Fsp3) is 1.00. The summed E-state index contributed by atoms with van der Waals surface area (Å²) in [7, 11) is 0. The van der Waals surface area contributed by atoms with Crippen LogP contribution in [0.5, 0.6) is 0 Å². The summed E-state index contributed by atoms with van der Waals surface area (Å²) < 4.78 is 0. The monoisotopic (exact) mass is 159 g/mol. The Balaban J connectivity index is 4.35. The van der Waals surface area contributed by atoms with Gasteiger partial charge in [-0.15, -0.1) is 0 Å². The van der Waals surface area contributed by atoms with Crippen LogP contribution >= 0.6 is 0 Å². The van der Waals surface area contributed by atoms with E-state index >= 15 is 0 Å². The maximum Gasteiger partial charge on any atom is 0.0764 e. The molecule has 0 saturated heterocycles.